The van der Waals surface area contributed by atoms with Crippen LogP contribution in [0.1, 0.15) is 29.3 Å². The molecule has 3 aromatic rings. The highest BCUT2D eigenvalue weighted by molar-refractivity contribution is 7.18. The summed E-state index contributed by atoms with van der Waals surface area (Å²) in [4.78, 5) is 43.6. The Hall–Kier alpha value is -3.00. The van der Waals surface area contributed by atoms with Crippen LogP contribution in [0.2, 0.25) is 0 Å². The lowest BCUT2D eigenvalue weighted by molar-refractivity contribution is -0.124. The molecule has 7 nitrogen and oxygen atoms in total. The van der Waals surface area contributed by atoms with Crippen molar-refractivity contribution in [1.82, 2.24) is 14.9 Å². The first kappa shape index (κ1) is 19.3. The van der Waals surface area contributed by atoms with Gasteiger partial charge in [0.2, 0.25) is 11.8 Å². The Balaban J connectivity index is 1.39. The van der Waals surface area contributed by atoms with E-state index in [0.29, 0.717) is 5.39 Å². The van der Waals surface area contributed by atoms with E-state index in [-0.39, 0.29) is 24.6 Å². The van der Waals surface area contributed by atoms with E-state index in [1.54, 1.807) is 11.3 Å². The molecule has 0 aliphatic heterocycles. The molecule has 0 radical (unpaired) electrons. The van der Waals surface area contributed by atoms with Gasteiger partial charge in [-0.25, -0.2) is 4.98 Å². The Kier molecular flexibility index (Phi) is 5.44. The maximum Gasteiger partial charge on any atom is 0.262 e. The van der Waals surface area contributed by atoms with Crippen molar-refractivity contribution in [2.24, 2.45) is 0 Å². The summed E-state index contributed by atoms with van der Waals surface area (Å²) in [6, 6.07) is 7.55. The molecule has 0 unspecified atom stereocenters. The fourth-order valence-corrected chi connectivity index (χ4v) is 4.89. The van der Waals surface area contributed by atoms with Gasteiger partial charge in [-0.15, -0.1) is 11.3 Å². The van der Waals surface area contributed by atoms with E-state index in [4.69, 9.17) is 0 Å². The second-order valence-corrected chi connectivity index (χ2v) is 8.13. The summed E-state index contributed by atoms with van der Waals surface area (Å²) in [6.45, 7) is 1.69. The minimum absolute atomic E-state index is 0.158. The Bertz CT molecular complexity index is 1150. The van der Waals surface area contributed by atoms with E-state index in [2.05, 4.69) is 15.6 Å². The third-order valence-corrected chi connectivity index (χ3v) is 6.32. The van der Waals surface area contributed by atoms with Crippen molar-refractivity contribution in [1.29, 1.82) is 0 Å². The van der Waals surface area contributed by atoms with Gasteiger partial charge < -0.3 is 10.6 Å². The smallest absolute Gasteiger partial charge is 0.262 e. The fraction of sp³-hybridized carbons (Fsp3) is 0.333. The van der Waals surface area contributed by atoms with Crippen LogP contribution in [0.4, 0.5) is 5.69 Å². The first-order valence-electron chi connectivity index (χ1n) is 9.71. The van der Waals surface area contributed by atoms with Gasteiger partial charge in [-0.1, -0.05) is 25.1 Å². The number of aromatic nitrogens is 2. The molecule has 2 aromatic heterocycles. The number of anilines is 1. The highest BCUT2D eigenvalue weighted by Crippen LogP contribution is 2.34. The van der Waals surface area contributed by atoms with Crippen molar-refractivity contribution >= 4 is 39.1 Å². The monoisotopic (exact) mass is 410 g/mol. The van der Waals surface area contributed by atoms with Gasteiger partial charge in [-0.3, -0.25) is 19.0 Å². The number of thiophene rings is 1. The average Bonchev–Trinajstić information content (AvgIpc) is 3.30. The van der Waals surface area contributed by atoms with Gasteiger partial charge in [0, 0.05) is 10.6 Å². The van der Waals surface area contributed by atoms with Gasteiger partial charge in [0.05, 0.1) is 18.3 Å². The predicted octanol–water partition coefficient (Wildman–Crippen LogP) is 2.26. The highest BCUT2D eigenvalue weighted by Gasteiger charge is 2.21. The molecule has 2 N–H and O–H groups in total. The lowest BCUT2D eigenvalue weighted by Gasteiger charge is -2.11. The van der Waals surface area contributed by atoms with Crippen molar-refractivity contribution in [3.8, 4) is 0 Å². The van der Waals surface area contributed by atoms with E-state index in [1.165, 1.54) is 15.8 Å². The summed E-state index contributed by atoms with van der Waals surface area (Å²) < 4.78 is 1.31. The average molecular weight is 410 g/mol. The molecule has 0 saturated carbocycles. The second kappa shape index (κ2) is 8.16. The molecule has 1 aliphatic carbocycles. The number of amides is 2. The molecule has 8 heteroatoms. The highest BCUT2D eigenvalue weighted by atomic mass is 32.1. The van der Waals surface area contributed by atoms with Crippen LogP contribution in [0.5, 0.6) is 0 Å². The zero-order valence-electron chi connectivity index (χ0n) is 16.2. The van der Waals surface area contributed by atoms with Gasteiger partial charge in [0.1, 0.15) is 11.4 Å². The summed E-state index contributed by atoms with van der Waals surface area (Å²) in [6.07, 6.45) is 5.15. The number of benzene rings is 1. The van der Waals surface area contributed by atoms with Crippen molar-refractivity contribution in [2.45, 2.75) is 39.2 Å². The molecule has 2 amide bonds. The van der Waals surface area contributed by atoms with E-state index >= 15 is 0 Å². The van der Waals surface area contributed by atoms with Crippen LogP contribution in [0.3, 0.4) is 0 Å². The number of hydrogen-bond acceptors (Lipinski definition) is 5. The summed E-state index contributed by atoms with van der Waals surface area (Å²) in [5, 5.41) is 6.03. The molecular formula is C21H22N4O3S. The number of nitrogens with zero attached hydrogens (tertiary/aromatic N) is 2. The molecule has 0 bridgehead atoms. The van der Waals surface area contributed by atoms with Crippen LogP contribution in [-0.4, -0.2) is 27.9 Å². The number of aryl methyl sites for hydroxylation is 3. The largest absolute Gasteiger partial charge is 0.345 e. The molecule has 0 fully saturated rings. The molecule has 2 heterocycles. The first-order valence-corrected chi connectivity index (χ1v) is 10.5. The number of para-hydroxylation sites is 1. The lowest BCUT2D eigenvalue weighted by Crippen LogP contribution is -2.37. The van der Waals surface area contributed by atoms with Crippen LogP contribution < -0.4 is 16.2 Å². The zero-order chi connectivity index (χ0) is 20.4. The van der Waals surface area contributed by atoms with Crippen LogP contribution in [0.25, 0.3) is 10.2 Å². The van der Waals surface area contributed by atoms with Crippen molar-refractivity contribution < 1.29 is 9.59 Å². The van der Waals surface area contributed by atoms with Crippen LogP contribution in [0, 0.1) is 0 Å². The molecule has 0 spiro atoms. The molecule has 0 saturated heterocycles. The van der Waals surface area contributed by atoms with Gasteiger partial charge in [-0.2, -0.15) is 0 Å². The summed E-state index contributed by atoms with van der Waals surface area (Å²) in [7, 11) is 0. The fourth-order valence-electron chi connectivity index (χ4n) is 3.67. The summed E-state index contributed by atoms with van der Waals surface area (Å²) in [5.41, 5.74) is 2.67. The number of carbonyl (C=O) groups excluding carboxylic acids is 2. The minimum Gasteiger partial charge on any atom is -0.345 e. The third-order valence-electron chi connectivity index (χ3n) is 5.12. The number of nitrogens with one attached hydrogen (secondary N) is 2. The number of hydrogen-bond donors (Lipinski definition) is 2. The molecule has 1 aromatic carbocycles. The van der Waals surface area contributed by atoms with Gasteiger partial charge >= 0.3 is 0 Å². The Morgan fingerprint density at radius 1 is 1.21 bits per heavy atom. The van der Waals surface area contributed by atoms with Crippen LogP contribution in [0.15, 0.2) is 35.4 Å². The summed E-state index contributed by atoms with van der Waals surface area (Å²) in [5.74, 6) is -0.713. The van der Waals surface area contributed by atoms with Crippen LogP contribution in [-0.2, 0) is 35.4 Å². The number of carbonyl (C=O) groups is 2. The maximum absolute atomic E-state index is 12.8. The van der Waals surface area contributed by atoms with E-state index in [1.807, 2.05) is 31.2 Å². The van der Waals surface area contributed by atoms with E-state index in [0.717, 1.165) is 47.3 Å². The zero-order valence-corrected chi connectivity index (χ0v) is 17.0. The first-order chi connectivity index (χ1) is 14.1. The molecular weight excluding hydrogens is 388 g/mol. The van der Waals surface area contributed by atoms with Crippen LogP contribution >= 0.6 is 11.3 Å². The lowest BCUT2D eigenvalue weighted by atomic mass is 10.1. The third kappa shape index (κ3) is 3.93. The topological polar surface area (TPSA) is 93.1 Å². The standard InChI is InChI=1S/C21H22N4O3S/c1-2-13-6-3-4-8-15(13)24-17(26)10-22-18(27)11-25-12-23-20-19(21(25)28)14-7-5-9-16(14)29-20/h3-4,6,8,12H,2,5,7,9-11H2,1H3,(H,22,27)(H,24,26). The molecule has 150 valence electrons. The SMILES string of the molecule is CCc1ccccc1NC(=O)CNC(=O)Cn1cnc2sc3c(c2c1=O)CCC3. The van der Waals surface area contributed by atoms with Gasteiger partial charge in [-0.05, 0) is 42.9 Å². The molecule has 1 aliphatic rings. The van der Waals surface area contributed by atoms with E-state index < -0.39 is 5.91 Å². The van der Waals surface area contributed by atoms with Crippen molar-refractivity contribution in [3.63, 3.8) is 0 Å². The quantitative estimate of drug-likeness (QED) is 0.652. The number of fused-ring (bicyclic) bond motifs is 3. The number of rotatable bonds is 6. The van der Waals surface area contributed by atoms with Gasteiger partial charge in [0.15, 0.2) is 0 Å². The van der Waals surface area contributed by atoms with Gasteiger partial charge in [0.25, 0.3) is 5.56 Å². The van der Waals surface area contributed by atoms with Crippen molar-refractivity contribution in [2.75, 3.05) is 11.9 Å². The molecule has 0 atom stereocenters. The molecule has 29 heavy (non-hydrogen) atoms. The van der Waals surface area contributed by atoms with E-state index in [9.17, 15) is 14.4 Å². The molecule has 4 rings (SSSR count). The second-order valence-electron chi connectivity index (χ2n) is 7.05. The Labute approximate surface area is 171 Å². The van der Waals surface area contributed by atoms with Crippen molar-refractivity contribution in [3.05, 3.63) is 57.0 Å². The predicted molar refractivity (Wildman–Crippen MR) is 113 cm³/mol. The normalized spacial score (nSPS) is 12.7. The Morgan fingerprint density at radius 2 is 2.03 bits per heavy atom. The minimum atomic E-state index is -0.404. The Morgan fingerprint density at radius 3 is 2.86 bits per heavy atom. The summed E-state index contributed by atoms with van der Waals surface area (Å²) >= 11 is 1.57. The maximum atomic E-state index is 12.8.